The molecule has 0 unspecified atom stereocenters. The van der Waals surface area contributed by atoms with Crippen molar-refractivity contribution in [3.8, 4) is 5.75 Å². The molecule has 3 aromatic carbocycles. The third-order valence-electron chi connectivity index (χ3n) is 4.71. The van der Waals surface area contributed by atoms with Gasteiger partial charge < -0.3 is 10.1 Å². The number of rotatable bonds is 7. The van der Waals surface area contributed by atoms with E-state index in [-0.39, 0.29) is 18.4 Å². The van der Waals surface area contributed by atoms with Crippen molar-refractivity contribution in [2.45, 2.75) is 20.8 Å². The average molecular weight is 415 g/mol. The summed E-state index contributed by atoms with van der Waals surface area (Å²) in [5.41, 5.74) is 7.87. The molecule has 2 amide bonds. The minimum Gasteiger partial charge on any atom is -0.484 e. The molecule has 0 saturated carbocycles. The van der Waals surface area contributed by atoms with Crippen molar-refractivity contribution in [3.05, 3.63) is 94.5 Å². The minimum absolute atomic E-state index is 0.113. The van der Waals surface area contributed by atoms with Crippen molar-refractivity contribution >= 4 is 23.7 Å². The number of amides is 2. The first-order valence-corrected chi connectivity index (χ1v) is 9.91. The van der Waals surface area contributed by atoms with Crippen LogP contribution in [0.3, 0.4) is 0 Å². The summed E-state index contributed by atoms with van der Waals surface area (Å²) >= 11 is 0. The first-order chi connectivity index (χ1) is 14.9. The van der Waals surface area contributed by atoms with E-state index in [0.29, 0.717) is 11.3 Å². The van der Waals surface area contributed by atoms with E-state index in [4.69, 9.17) is 4.74 Å². The van der Waals surface area contributed by atoms with Gasteiger partial charge in [0.25, 0.3) is 11.8 Å². The van der Waals surface area contributed by atoms with Crippen molar-refractivity contribution < 1.29 is 14.3 Å². The van der Waals surface area contributed by atoms with Crippen LogP contribution in [0.4, 0.5) is 5.69 Å². The number of hydrogen-bond acceptors (Lipinski definition) is 4. The van der Waals surface area contributed by atoms with E-state index in [2.05, 4.69) is 15.8 Å². The zero-order valence-electron chi connectivity index (χ0n) is 17.8. The Morgan fingerprint density at radius 1 is 0.935 bits per heavy atom. The molecule has 0 aromatic heterocycles. The van der Waals surface area contributed by atoms with E-state index in [9.17, 15) is 9.59 Å². The van der Waals surface area contributed by atoms with Gasteiger partial charge in [0.1, 0.15) is 5.75 Å². The number of ether oxygens (including phenoxy) is 1. The Balaban J connectivity index is 1.51. The van der Waals surface area contributed by atoms with Crippen LogP contribution >= 0.6 is 0 Å². The summed E-state index contributed by atoms with van der Waals surface area (Å²) < 4.78 is 5.58. The van der Waals surface area contributed by atoms with E-state index in [1.54, 1.807) is 30.3 Å². The molecule has 6 heteroatoms. The highest BCUT2D eigenvalue weighted by molar-refractivity contribution is 5.95. The largest absolute Gasteiger partial charge is 0.484 e. The lowest BCUT2D eigenvalue weighted by molar-refractivity contribution is -0.118. The van der Waals surface area contributed by atoms with Crippen LogP contribution in [0.5, 0.6) is 5.75 Å². The second-order valence-corrected chi connectivity index (χ2v) is 7.27. The van der Waals surface area contributed by atoms with Gasteiger partial charge in [-0.15, -0.1) is 0 Å². The molecule has 2 N–H and O–H groups in total. The van der Waals surface area contributed by atoms with E-state index < -0.39 is 0 Å². The molecule has 0 aliphatic rings. The summed E-state index contributed by atoms with van der Waals surface area (Å²) in [6.07, 6.45) is 1.52. The number of nitrogens with one attached hydrogen (secondary N) is 2. The van der Waals surface area contributed by atoms with E-state index in [0.717, 1.165) is 22.4 Å². The predicted molar refractivity (Wildman–Crippen MR) is 123 cm³/mol. The molecule has 0 radical (unpaired) electrons. The van der Waals surface area contributed by atoms with Crippen LogP contribution in [0, 0.1) is 20.8 Å². The molecule has 0 fully saturated rings. The van der Waals surface area contributed by atoms with Gasteiger partial charge in [-0.05, 0) is 73.9 Å². The SMILES string of the molecule is Cc1ccc(C(=O)N/N=C/c2cccc(OCC(=O)Nc3ccc(C)c(C)c3)c2)cc1. The number of hydrogen-bond donors (Lipinski definition) is 2. The number of aryl methyl sites for hydroxylation is 3. The number of carbonyl (C=O) groups excluding carboxylic acids is 2. The van der Waals surface area contributed by atoms with Gasteiger partial charge >= 0.3 is 0 Å². The highest BCUT2D eigenvalue weighted by Gasteiger charge is 2.06. The standard InChI is InChI=1S/C25H25N3O3/c1-17-7-10-21(11-8-17)25(30)28-26-15-20-5-4-6-23(14-20)31-16-24(29)27-22-12-9-18(2)19(3)13-22/h4-15H,16H2,1-3H3,(H,27,29)(H,28,30)/b26-15+. The molecule has 0 bridgehead atoms. The van der Waals surface area contributed by atoms with Gasteiger partial charge in [0.05, 0.1) is 6.21 Å². The first kappa shape index (κ1) is 21.8. The van der Waals surface area contributed by atoms with Gasteiger partial charge in [-0.2, -0.15) is 5.10 Å². The fourth-order valence-electron chi connectivity index (χ4n) is 2.78. The van der Waals surface area contributed by atoms with Crippen LogP contribution in [-0.2, 0) is 4.79 Å². The molecule has 0 atom stereocenters. The third kappa shape index (κ3) is 6.54. The second-order valence-electron chi connectivity index (χ2n) is 7.27. The molecule has 31 heavy (non-hydrogen) atoms. The second kappa shape index (κ2) is 10.2. The molecule has 0 aliphatic carbocycles. The van der Waals surface area contributed by atoms with Crippen LogP contribution in [0.25, 0.3) is 0 Å². The lowest BCUT2D eigenvalue weighted by atomic mass is 10.1. The van der Waals surface area contributed by atoms with Crippen LogP contribution in [0.15, 0.2) is 71.8 Å². The first-order valence-electron chi connectivity index (χ1n) is 9.91. The van der Waals surface area contributed by atoms with Crippen LogP contribution in [-0.4, -0.2) is 24.6 Å². The lowest BCUT2D eigenvalue weighted by Crippen LogP contribution is -2.20. The molecule has 0 aliphatic heterocycles. The molecular formula is C25H25N3O3. The minimum atomic E-state index is -0.285. The average Bonchev–Trinajstić information content (AvgIpc) is 2.75. The van der Waals surface area contributed by atoms with Crippen molar-refractivity contribution in [2.24, 2.45) is 5.10 Å². The highest BCUT2D eigenvalue weighted by Crippen LogP contribution is 2.15. The summed E-state index contributed by atoms with van der Waals surface area (Å²) in [5.74, 6) is 0.00315. The van der Waals surface area contributed by atoms with Crippen LogP contribution in [0.2, 0.25) is 0 Å². The zero-order chi connectivity index (χ0) is 22.2. The maximum atomic E-state index is 12.2. The molecule has 0 heterocycles. The Labute approximate surface area is 182 Å². The van der Waals surface area contributed by atoms with Crippen molar-refractivity contribution in [2.75, 3.05) is 11.9 Å². The van der Waals surface area contributed by atoms with Crippen molar-refractivity contribution in [1.29, 1.82) is 0 Å². The quantitative estimate of drug-likeness (QED) is 0.444. The van der Waals surface area contributed by atoms with Crippen molar-refractivity contribution in [3.63, 3.8) is 0 Å². The number of nitrogens with zero attached hydrogens (tertiary/aromatic N) is 1. The van der Waals surface area contributed by atoms with E-state index in [1.807, 2.05) is 57.2 Å². The Hall–Kier alpha value is -3.93. The van der Waals surface area contributed by atoms with Gasteiger partial charge in [-0.3, -0.25) is 9.59 Å². The Morgan fingerprint density at radius 2 is 1.71 bits per heavy atom. The van der Waals surface area contributed by atoms with E-state index >= 15 is 0 Å². The number of carbonyl (C=O) groups is 2. The Kier molecular flexibility index (Phi) is 7.17. The topological polar surface area (TPSA) is 79.8 Å². The van der Waals surface area contributed by atoms with Gasteiger partial charge in [0.15, 0.2) is 6.61 Å². The molecule has 0 spiro atoms. The molecule has 0 saturated heterocycles. The molecule has 3 aromatic rings. The maximum Gasteiger partial charge on any atom is 0.271 e. The number of anilines is 1. The number of benzene rings is 3. The predicted octanol–water partition coefficient (Wildman–Crippen LogP) is 4.39. The summed E-state index contributed by atoms with van der Waals surface area (Å²) in [6.45, 7) is 5.87. The summed E-state index contributed by atoms with van der Waals surface area (Å²) in [4.78, 5) is 24.2. The fraction of sp³-hybridized carbons (Fsp3) is 0.160. The fourth-order valence-corrected chi connectivity index (χ4v) is 2.78. The molecule has 158 valence electrons. The lowest BCUT2D eigenvalue weighted by Gasteiger charge is -2.09. The highest BCUT2D eigenvalue weighted by atomic mass is 16.5. The Morgan fingerprint density at radius 3 is 2.45 bits per heavy atom. The smallest absolute Gasteiger partial charge is 0.271 e. The van der Waals surface area contributed by atoms with Gasteiger partial charge in [0, 0.05) is 11.3 Å². The zero-order valence-corrected chi connectivity index (χ0v) is 17.8. The Bertz CT molecular complexity index is 1110. The van der Waals surface area contributed by atoms with Gasteiger partial charge in [-0.1, -0.05) is 35.9 Å². The maximum absolute atomic E-state index is 12.2. The molecule has 3 rings (SSSR count). The normalized spacial score (nSPS) is 10.7. The van der Waals surface area contributed by atoms with E-state index in [1.165, 1.54) is 11.8 Å². The van der Waals surface area contributed by atoms with Crippen LogP contribution < -0.4 is 15.5 Å². The summed E-state index contributed by atoms with van der Waals surface area (Å²) in [5, 5.41) is 6.81. The summed E-state index contributed by atoms with van der Waals surface area (Å²) in [6, 6.07) is 20.1. The summed E-state index contributed by atoms with van der Waals surface area (Å²) in [7, 11) is 0. The molecule has 6 nitrogen and oxygen atoms in total. The van der Waals surface area contributed by atoms with Gasteiger partial charge in [0.2, 0.25) is 0 Å². The van der Waals surface area contributed by atoms with Crippen LogP contribution in [0.1, 0.15) is 32.6 Å². The van der Waals surface area contributed by atoms with Gasteiger partial charge in [-0.25, -0.2) is 5.43 Å². The monoisotopic (exact) mass is 415 g/mol. The molecular weight excluding hydrogens is 390 g/mol. The number of hydrazone groups is 1. The van der Waals surface area contributed by atoms with Crippen molar-refractivity contribution in [1.82, 2.24) is 5.43 Å². The third-order valence-corrected chi connectivity index (χ3v) is 4.71.